The molecule has 0 aliphatic carbocycles. The molecule has 1 saturated heterocycles. The minimum Gasteiger partial charge on any atom is -0.396 e. The number of nitrogens with zero attached hydrogens (tertiary/aromatic N) is 1. The Labute approximate surface area is 110 Å². The molecule has 2 rings (SSSR count). The van der Waals surface area contributed by atoms with Crippen LogP contribution in [0.25, 0.3) is 0 Å². The van der Waals surface area contributed by atoms with Gasteiger partial charge in [-0.05, 0) is 44.2 Å². The van der Waals surface area contributed by atoms with E-state index in [9.17, 15) is 0 Å². The zero-order valence-corrected chi connectivity index (χ0v) is 11.2. The van der Waals surface area contributed by atoms with Crippen LogP contribution in [0.3, 0.4) is 0 Å². The van der Waals surface area contributed by atoms with Crippen molar-refractivity contribution in [2.45, 2.75) is 45.2 Å². The molecule has 1 aromatic rings. The van der Waals surface area contributed by atoms with Crippen molar-refractivity contribution < 1.29 is 5.11 Å². The Bertz CT molecular complexity index is 392. The Morgan fingerprint density at radius 2 is 2.28 bits per heavy atom. The van der Waals surface area contributed by atoms with Crippen LogP contribution in [0, 0.1) is 6.92 Å². The van der Waals surface area contributed by atoms with E-state index in [4.69, 9.17) is 10.8 Å². The Morgan fingerprint density at radius 3 is 3.00 bits per heavy atom. The Hall–Kier alpha value is -1.06. The number of aliphatic hydroxyl groups excluding tert-OH is 1. The molecule has 3 heteroatoms. The van der Waals surface area contributed by atoms with Crippen molar-refractivity contribution in [1.82, 2.24) is 0 Å². The minimum atomic E-state index is 0.294. The lowest BCUT2D eigenvalue weighted by molar-refractivity contribution is 0.279. The number of anilines is 1. The molecule has 3 N–H and O–H groups in total. The largest absolute Gasteiger partial charge is 0.396 e. The van der Waals surface area contributed by atoms with Crippen LogP contribution >= 0.6 is 0 Å². The second kappa shape index (κ2) is 6.21. The van der Waals surface area contributed by atoms with Gasteiger partial charge in [-0.3, -0.25) is 0 Å². The van der Waals surface area contributed by atoms with Crippen LogP contribution in [-0.2, 0) is 6.54 Å². The van der Waals surface area contributed by atoms with Crippen LogP contribution in [-0.4, -0.2) is 24.3 Å². The molecule has 1 aliphatic rings. The minimum absolute atomic E-state index is 0.294. The quantitative estimate of drug-likeness (QED) is 0.840. The first kappa shape index (κ1) is 13.4. The van der Waals surface area contributed by atoms with Crippen LogP contribution < -0.4 is 10.6 Å². The molecule has 1 atom stereocenters. The first-order valence-corrected chi connectivity index (χ1v) is 6.93. The van der Waals surface area contributed by atoms with E-state index in [1.165, 1.54) is 29.7 Å². The van der Waals surface area contributed by atoms with E-state index in [-0.39, 0.29) is 0 Å². The van der Waals surface area contributed by atoms with E-state index in [0.717, 1.165) is 19.4 Å². The standard InChI is InChI=1S/C15H24N2O/c1-12-6-7-15(13(10-12)11-16)17-8-2-4-14(17)5-3-9-18/h6-7,10,14,18H,2-5,8-9,11,16H2,1H3. The van der Waals surface area contributed by atoms with Crippen molar-refractivity contribution in [3.8, 4) is 0 Å². The molecule has 1 heterocycles. The summed E-state index contributed by atoms with van der Waals surface area (Å²) >= 11 is 0. The van der Waals surface area contributed by atoms with Gasteiger partial charge in [0.2, 0.25) is 0 Å². The highest BCUT2D eigenvalue weighted by atomic mass is 16.2. The van der Waals surface area contributed by atoms with E-state index in [2.05, 4.69) is 30.0 Å². The highest BCUT2D eigenvalue weighted by molar-refractivity contribution is 5.56. The highest BCUT2D eigenvalue weighted by Gasteiger charge is 2.25. The van der Waals surface area contributed by atoms with Crippen molar-refractivity contribution in [3.63, 3.8) is 0 Å². The smallest absolute Gasteiger partial charge is 0.0431 e. The zero-order chi connectivity index (χ0) is 13.0. The van der Waals surface area contributed by atoms with E-state index in [0.29, 0.717) is 19.2 Å². The van der Waals surface area contributed by atoms with Crippen LogP contribution in [0.15, 0.2) is 18.2 Å². The van der Waals surface area contributed by atoms with Crippen LogP contribution in [0.1, 0.15) is 36.8 Å². The summed E-state index contributed by atoms with van der Waals surface area (Å²) in [6.07, 6.45) is 4.45. The van der Waals surface area contributed by atoms with E-state index in [1.54, 1.807) is 0 Å². The van der Waals surface area contributed by atoms with Gasteiger partial charge in [0.25, 0.3) is 0 Å². The summed E-state index contributed by atoms with van der Waals surface area (Å²) in [5.41, 5.74) is 9.67. The van der Waals surface area contributed by atoms with Crippen molar-refractivity contribution in [3.05, 3.63) is 29.3 Å². The molecule has 0 saturated carbocycles. The third-order valence-corrected chi connectivity index (χ3v) is 3.84. The predicted octanol–water partition coefficient (Wildman–Crippen LogP) is 2.20. The molecule has 100 valence electrons. The highest BCUT2D eigenvalue weighted by Crippen LogP contribution is 2.31. The third kappa shape index (κ3) is 2.85. The van der Waals surface area contributed by atoms with Gasteiger partial charge in [-0.25, -0.2) is 0 Å². The number of hydrogen-bond donors (Lipinski definition) is 2. The summed E-state index contributed by atoms with van der Waals surface area (Å²) in [4.78, 5) is 2.48. The maximum absolute atomic E-state index is 8.98. The molecule has 0 aromatic heterocycles. The second-order valence-electron chi connectivity index (χ2n) is 5.19. The first-order valence-electron chi connectivity index (χ1n) is 6.93. The summed E-state index contributed by atoms with van der Waals surface area (Å²) in [6.45, 7) is 4.12. The van der Waals surface area contributed by atoms with Gasteiger partial charge in [-0.15, -0.1) is 0 Å². The molecule has 0 spiro atoms. The van der Waals surface area contributed by atoms with Crippen LogP contribution in [0.4, 0.5) is 5.69 Å². The SMILES string of the molecule is Cc1ccc(N2CCCC2CCCO)c(CN)c1. The fraction of sp³-hybridized carbons (Fsp3) is 0.600. The fourth-order valence-corrected chi connectivity index (χ4v) is 2.94. The summed E-state index contributed by atoms with van der Waals surface area (Å²) < 4.78 is 0. The lowest BCUT2D eigenvalue weighted by Gasteiger charge is -2.29. The van der Waals surface area contributed by atoms with Gasteiger partial charge >= 0.3 is 0 Å². The van der Waals surface area contributed by atoms with Crippen molar-refractivity contribution in [2.75, 3.05) is 18.1 Å². The Morgan fingerprint density at radius 1 is 1.44 bits per heavy atom. The fourth-order valence-electron chi connectivity index (χ4n) is 2.94. The lowest BCUT2D eigenvalue weighted by atomic mass is 10.1. The molecule has 1 aliphatic heterocycles. The number of benzene rings is 1. The van der Waals surface area contributed by atoms with Gasteiger partial charge < -0.3 is 15.7 Å². The summed E-state index contributed by atoms with van der Waals surface area (Å²) in [7, 11) is 0. The molecular weight excluding hydrogens is 224 g/mol. The van der Waals surface area contributed by atoms with Gasteiger partial charge in [0.05, 0.1) is 0 Å². The number of hydrogen-bond acceptors (Lipinski definition) is 3. The van der Waals surface area contributed by atoms with Crippen molar-refractivity contribution >= 4 is 5.69 Å². The summed E-state index contributed by atoms with van der Waals surface area (Å²) in [6, 6.07) is 7.13. The van der Waals surface area contributed by atoms with Crippen molar-refractivity contribution in [2.24, 2.45) is 5.73 Å². The molecule has 3 nitrogen and oxygen atoms in total. The van der Waals surface area contributed by atoms with Gasteiger partial charge in [0.15, 0.2) is 0 Å². The van der Waals surface area contributed by atoms with Gasteiger partial charge in [0, 0.05) is 31.4 Å². The number of nitrogens with two attached hydrogens (primary N) is 1. The van der Waals surface area contributed by atoms with E-state index >= 15 is 0 Å². The number of aryl methyl sites for hydroxylation is 1. The van der Waals surface area contributed by atoms with Crippen molar-refractivity contribution in [1.29, 1.82) is 0 Å². The Balaban J connectivity index is 2.18. The van der Waals surface area contributed by atoms with Crippen LogP contribution in [0.2, 0.25) is 0 Å². The summed E-state index contributed by atoms with van der Waals surface area (Å²) in [5.74, 6) is 0. The number of rotatable bonds is 5. The molecular formula is C15H24N2O. The van der Waals surface area contributed by atoms with Gasteiger partial charge in [-0.1, -0.05) is 17.7 Å². The normalized spacial score (nSPS) is 19.5. The number of aliphatic hydroxyl groups is 1. The van der Waals surface area contributed by atoms with E-state index in [1.807, 2.05) is 0 Å². The predicted molar refractivity (Wildman–Crippen MR) is 75.8 cm³/mol. The summed E-state index contributed by atoms with van der Waals surface area (Å²) in [5, 5.41) is 8.98. The molecule has 1 fully saturated rings. The lowest BCUT2D eigenvalue weighted by Crippen LogP contribution is -2.30. The molecule has 18 heavy (non-hydrogen) atoms. The van der Waals surface area contributed by atoms with Gasteiger partial charge in [0.1, 0.15) is 0 Å². The topological polar surface area (TPSA) is 49.5 Å². The van der Waals surface area contributed by atoms with Gasteiger partial charge in [-0.2, -0.15) is 0 Å². The Kier molecular flexibility index (Phi) is 4.61. The maximum atomic E-state index is 8.98. The molecule has 0 bridgehead atoms. The average molecular weight is 248 g/mol. The van der Waals surface area contributed by atoms with Crippen LogP contribution in [0.5, 0.6) is 0 Å². The molecule has 0 amide bonds. The second-order valence-corrected chi connectivity index (χ2v) is 5.19. The average Bonchev–Trinajstić information content (AvgIpc) is 2.84. The monoisotopic (exact) mass is 248 g/mol. The first-order chi connectivity index (χ1) is 8.76. The molecule has 1 unspecified atom stereocenters. The maximum Gasteiger partial charge on any atom is 0.0431 e. The van der Waals surface area contributed by atoms with E-state index < -0.39 is 0 Å². The zero-order valence-electron chi connectivity index (χ0n) is 11.2. The third-order valence-electron chi connectivity index (χ3n) is 3.84. The molecule has 1 aromatic carbocycles. The molecule has 0 radical (unpaired) electrons.